The third-order valence-corrected chi connectivity index (χ3v) is 5.81. The fourth-order valence-electron chi connectivity index (χ4n) is 3.76. The lowest BCUT2D eigenvalue weighted by Crippen LogP contribution is -2.54. The molecule has 2 atom stereocenters. The average molecular weight is 492 g/mol. The third kappa shape index (κ3) is 8.31. The fraction of sp³-hybridized carbons (Fsp3) is 0.636. The highest BCUT2D eigenvalue weighted by Gasteiger charge is 2.31. The van der Waals surface area contributed by atoms with Gasteiger partial charge in [-0.3, -0.25) is 9.59 Å². The maximum Gasteiger partial charge on any atom is 0.305 e. The van der Waals surface area contributed by atoms with Crippen LogP contribution in [0.25, 0.3) is 0 Å². The molecule has 32 heavy (non-hydrogen) atoms. The molecule has 0 saturated carbocycles. The number of ether oxygens (including phenoxy) is 3. The Labute approximate surface area is 201 Å². The van der Waals surface area contributed by atoms with Crippen molar-refractivity contribution < 1.29 is 23.8 Å². The number of amides is 1. The smallest absolute Gasteiger partial charge is 0.305 e. The first-order valence-electron chi connectivity index (χ1n) is 10.7. The summed E-state index contributed by atoms with van der Waals surface area (Å²) in [6.07, 6.45) is 3.95. The Balaban J connectivity index is 0.00000512. The van der Waals surface area contributed by atoms with Gasteiger partial charge < -0.3 is 30.2 Å². The molecule has 1 aromatic rings. The Morgan fingerprint density at radius 3 is 2.66 bits per heavy atom. The largest absolute Gasteiger partial charge is 0.496 e. The van der Waals surface area contributed by atoms with Gasteiger partial charge in [-0.25, -0.2) is 0 Å². The summed E-state index contributed by atoms with van der Waals surface area (Å²) in [7, 11) is 3.15. The number of nitrogen functional groups attached to an aromatic ring is 1. The first-order valence-corrected chi connectivity index (χ1v) is 11.1. The lowest BCUT2D eigenvalue weighted by molar-refractivity contribution is -0.143. The molecule has 0 radical (unpaired) electrons. The van der Waals surface area contributed by atoms with Gasteiger partial charge in [-0.15, -0.1) is 12.4 Å². The lowest BCUT2D eigenvalue weighted by Gasteiger charge is -2.38. The molecule has 0 bridgehead atoms. The van der Waals surface area contributed by atoms with E-state index in [4.69, 9.17) is 31.5 Å². The van der Waals surface area contributed by atoms with Crippen LogP contribution in [0.2, 0.25) is 5.02 Å². The van der Waals surface area contributed by atoms with Crippen molar-refractivity contribution in [3.8, 4) is 5.75 Å². The molecule has 0 spiro atoms. The first kappa shape index (κ1) is 28.3. The van der Waals surface area contributed by atoms with Crippen LogP contribution in [-0.4, -0.2) is 69.4 Å². The summed E-state index contributed by atoms with van der Waals surface area (Å²) in [5.74, 6) is -0.00985. The number of carbonyl (C=O) groups is 2. The molecule has 0 aliphatic carbocycles. The van der Waals surface area contributed by atoms with E-state index in [1.807, 2.05) is 6.92 Å². The van der Waals surface area contributed by atoms with Gasteiger partial charge >= 0.3 is 5.97 Å². The van der Waals surface area contributed by atoms with Crippen LogP contribution in [-0.2, 0) is 14.3 Å². The zero-order valence-electron chi connectivity index (χ0n) is 19.0. The molecule has 1 aromatic carbocycles. The van der Waals surface area contributed by atoms with E-state index in [9.17, 15) is 9.59 Å². The van der Waals surface area contributed by atoms with Crippen molar-refractivity contribution in [2.75, 3.05) is 46.2 Å². The zero-order valence-corrected chi connectivity index (χ0v) is 20.6. The second-order valence-corrected chi connectivity index (χ2v) is 8.04. The molecule has 182 valence electrons. The molecule has 1 fully saturated rings. The number of halogens is 2. The molecule has 2 rings (SSSR count). The highest BCUT2D eigenvalue weighted by atomic mass is 35.5. The minimum atomic E-state index is -0.266. The van der Waals surface area contributed by atoms with Crippen LogP contribution in [0.1, 0.15) is 49.4 Å². The normalized spacial score (nSPS) is 18.5. The average Bonchev–Trinajstić information content (AvgIpc) is 2.75. The van der Waals surface area contributed by atoms with Crippen LogP contribution < -0.4 is 15.8 Å². The van der Waals surface area contributed by atoms with Crippen molar-refractivity contribution in [3.63, 3.8) is 0 Å². The van der Waals surface area contributed by atoms with Gasteiger partial charge in [0.25, 0.3) is 5.91 Å². The Morgan fingerprint density at radius 1 is 1.25 bits per heavy atom. The number of carbonyl (C=O) groups excluding carboxylic acids is 2. The number of methoxy groups -OCH3 is 2. The molecule has 1 aliphatic rings. The molecule has 1 heterocycles. The summed E-state index contributed by atoms with van der Waals surface area (Å²) in [5.41, 5.74) is 6.51. The summed E-state index contributed by atoms with van der Waals surface area (Å²) >= 11 is 6.09. The van der Waals surface area contributed by atoms with E-state index in [1.54, 1.807) is 13.2 Å². The van der Waals surface area contributed by atoms with Gasteiger partial charge in [0.2, 0.25) is 0 Å². The Bertz CT molecular complexity index is 751. The predicted octanol–water partition coefficient (Wildman–Crippen LogP) is 3.30. The number of nitrogens with two attached hydrogens (primary N) is 1. The number of nitrogens with one attached hydrogen (secondary N) is 1. The quantitative estimate of drug-likeness (QED) is 0.278. The summed E-state index contributed by atoms with van der Waals surface area (Å²) in [6, 6.07) is 2.96. The van der Waals surface area contributed by atoms with E-state index in [0.29, 0.717) is 35.1 Å². The van der Waals surface area contributed by atoms with Gasteiger partial charge in [0.15, 0.2) is 0 Å². The van der Waals surface area contributed by atoms with Gasteiger partial charge in [0.1, 0.15) is 5.75 Å². The molecule has 0 aromatic heterocycles. The maximum atomic E-state index is 12.8. The van der Waals surface area contributed by atoms with E-state index >= 15 is 0 Å². The second kappa shape index (κ2) is 14.4. The standard InChI is InChI=1S/C22H34ClN3O5.ClH/c1-4-31-21(27)8-6-5-7-10-26-11-9-18(20(14-26)30-3)25-22(28)15-12-16(23)17(24)13-19(15)29-2;/h12-13,18,20H,4-11,14,24H2,1-3H3,(H,25,28);1H. The molecule has 3 N–H and O–H groups in total. The van der Waals surface area contributed by atoms with Crippen LogP contribution in [0.4, 0.5) is 5.69 Å². The zero-order chi connectivity index (χ0) is 22.8. The second-order valence-electron chi connectivity index (χ2n) is 7.63. The minimum absolute atomic E-state index is 0. The lowest BCUT2D eigenvalue weighted by atomic mass is 10.00. The van der Waals surface area contributed by atoms with Crippen LogP contribution in [0.5, 0.6) is 5.75 Å². The highest BCUT2D eigenvalue weighted by Crippen LogP contribution is 2.29. The van der Waals surface area contributed by atoms with Crippen molar-refractivity contribution in [2.24, 2.45) is 0 Å². The van der Waals surface area contributed by atoms with Gasteiger partial charge in [-0.2, -0.15) is 0 Å². The van der Waals surface area contributed by atoms with Gasteiger partial charge in [-0.05, 0) is 38.8 Å². The Morgan fingerprint density at radius 2 is 2.00 bits per heavy atom. The number of rotatable bonds is 11. The van der Waals surface area contributed by atoms with Crippen molar-refractivity contribution in [1.29, 1.82) is 0 Å². The van der Waals surface area contributed by atoms with Crippen LogP contribution in [0, 0.1) is 0 Å². The molecule has 2 unspecified atom stereocenters. The number of hydrogen-bond acceptors (Lipinski definition) is 7. The van der Waals surface area contributed by atoms with Crippen molar-refractivity contribution >= 4 is 41.6 Å². The summed E-state index contributed by atoms with van der Waals surface area (Å²) in [5, 5.41) is 3.37. The SMILES string of the molecule is CCOC(=O)CCCCCN1CCC(NC(=O)c2cc(Cl)c(N)cc2OC)C(OC)C1.Cl. The minimum Gasteiger partial charge on any atom is -0.496 e. The Kier molecular flexibility index (Phi) is 12.7. The van der Waals surface area contributed by atoms with Crippen LogP contribution in [0.3, 0.4) is 0 Å². The number of hydrogen-bond donors (Lipinski definition) is 2. The summed E-state index contributed by atoms with van der Waals surface area (Å²) in [4.78, 5) is 26.6. The topological polar surface area (TPSA) is 103 Å². The van der Waals surface area contributed by atoms with Gasteiger partial charge in [0, 0.05) is 32.7 Å². The number of esters is 1. The third-order valence-electron chi connectivity index (χ3n) is 5.49. The van der Waals surface area contributed by atoms with Crippen LogP contribution >= 0.6 is 24.0 Å². The first-order chi connectivity index (χ1) is 14.9. The fourth-order valence-corrected chi connectivity index (χ4v) is 3.93. The van der Waals surface area contributed by atoms with Gasteiger partial charge in [-0.1, -0.05) is 18.0 Å². The maximum absolute atomic E-state index is 12.8. The van der Waals surface area contributed by atoms with E-state index in [1.165, 1.54) is 13.2 Å². The van der Waals surface area contributed by atoms with E-state index in [-0.39, 0.29) is 36.4 Å². The number of likely N-dealkylation sites (tertiary alicyclic amines) is 1. The van der Waals surface area contributed by atoms with E-state index < -0.39 is 0 Å². The highest BCUT2D eigenvalue weighted by molar-refractivity contribution is 6.33. The number of anilines is 1. The van der Waals surface area contributed by atoms with Crippen molar-refractivity contribution in [1.82, 2.24) is 10.2 Å². The van der Waals surface area contributed by atoms with Crippen molar-refractivity contribution in [2.45, 2.75) is 51.2 Å². The Hall–Kier alpha value is -1.74. The monoisotopic (exact) mass is 491 g/mol. The molecule has 1 aliphatic heterocycles. The predicted molar refractivity (Wildman–Crippen MR) is 128 cm³/mol. The number of piperidine rings is 1. The molecule has 8 nitrogen and oxygen atoms in total. The molecule has 10 heteroatoms. The van der Waals surface area contributed by atoms with Crippen molar-refractivity contribution in [3.05, 3.63) is 22.7 Å². The molecule has 1 amide bonds. The molecular weight excluding hydrogens is 457 g/mol. The number of nitrogens with zero attached hydrogens (tertiary/aromatic N) is 1. The summed E-state index contributed by atoms with van der Waals surface area (Å²) < 4.78 is 15.9. The van der Waals surface area contributed by atoms with E-state index in [2.05, 4.69) is 10.2 Å². The summed E-state index contributed by atoms with van der Waals surface area (Å²) in [6.45, 7) is 4.78. The van der Waals surface area contributed by atoms with Crippen LogP contribution in [0.15, 0.2) is 12.1 Å². The number of benzene rings is 1. The molecular formula is C22H35Cl2N3O5. The van der Waals surface area contributed by atoms with Gasteiger partial charge in [0.05, 0.1) is 42.1 Å². The van der Waals surface area contributed by atoms with E-state index in [0.717, 1.165) is 45.3 Å². The molecule has 1 saturated heterocycles. The number of unbranched alkanes of at least 4 members (excludes halogenated alkanes) is 2.